The maximum absolute atomic E-state index is 9.91. The number of fused-ring (bicyclic) bond motifs is 1. The Morgan fingerprint density at radius 3 is 2.61 bits per heavy atom. The summed E-state index contributed by atoms with van der Waals surface area (Å²) in [6, 6.07) is 18.5. The summed E-state index contributed by atoms with van der Waals surface area (Å²) in [5.74, 6) is 1.28. The van der Waals surface area contributed by atoms with Gasteiger partial charge in [0.1, 0.15) is 30.1 Å². The molecule has 5 rings (SSSR count). The van der Waals surface area contributed by atoms with Crippen LogP contribution in [0.3, 0.4) is 0 Å². The molecule has 4 aromatic rings. The first-order chi connectivity index (χ1) is 15.2. The van der Waals surface area contributed by atoms with E-state index in [1.165, 1.54) is 6.33 Å². The summed E-state index contributed by atoms with van der Waals surface area (Å²) >= 11 is 0. The number of aliphatic hydroxyl groups is 1. The van der Waals surface area contributed by atoms with Gasteiger partial charge in [-0.25, -0.2) is 9.97 Å². The molecule has 0 atom stereocenters. The smallest absolute Gasteiger partial charge is 0.146 e. The minimum Gasteiger partial charge on any atom is -0.489 e. The lowest BCUT2D eigenvalue weighted by Crippen LogP contribution is -2.20. The second kappa shape index (κ2) is 8.40. The van der Waals surface area contributed by atoms with Gasteiger partial charge in [-0.05, 0) is 48.9 Å². The molecule has 2 aromatic carbocycles. The number of aromatic nitrogens is 3. The minimum absolute atomic E-state index is 0.198. The maximum Gasteiger partial charge on any atom is 0.146 e. The highest BCUT2D eigenvalue weighted by atomic mass is 16.5. The molecule has 6 heteroatoms. The highest BCUT2D eigenvalue weighted by molar-refractivity contribution is 6.00. The zero-order valence-electron chi connectivity index (χ0n) is 17.3. The van der Waals surface area contributed by atoms with Crippen LogP contribution in [0.15, 0.2) is 67.1 Å². The predicted octanol–water partition coefficient (Wildman–Crippen LogP) is 4.74. The average Bonchev–Trinajstić information content (AvgIpc) is 3.20. The molecule has 1 aliphatic carbocycles. The molecule has 3 N–H and O–H groups in total. The lowest BCUT2D eigenvalue weighted by Gasteiger charge is -2.27. The monoisotopic (exact) mass is 414 g/mol. The summed E-state index contributed by atoms with van der Waals surface area (Å²) in [6.07, 6.45) is 6.93. The third kappa shape index (κ3) is 3.99. The van der Waals surface area contributed by atoms with Crippen molar-refractivity contribution in [2.75, 3.05) is 5.73 Å². The van der Waals surface area contributed by atoms with Crippen molar-refractivity contribution in [2.45, 2.75) is 44.4 Å². The fraction of sp³-hybridized carbons (Fsp3) is 0.280. The van der Waals surface area contributed by atoms with Crippen LogP contribution in [0.2, 0.25) is 0 Å². The molecule has 2 aromatic heterocycles. The Hall–Kier alpha value is -3.38. The van der Waals surface area contributed by atoms with Gasteiger partial charge >= 0.3 is 0 Å². The Kier molecular flexibility index (Phi) is 5.30. The molecule has 1 saturated carbocycles. The molecule has 31 heavy (non-hydrogen) atoms. The van der Waals surface area contributed by atoms with Gasteiger partial charge in [0.2, 0.25) is 0 Å². The van der Waals surface area contributed by atoms with E-state index in [1.54, 1.807) is 0 Å². The number of benzene rings is 2. The molecule has 0 amide bonds. The fourth-order valence-corrected chi connectivity index (χ4v) is 4.44. The predicted molar refractivity (Wildman–Crippen MR) is 122 cm³/mol. The zero-order chi connectivity index (χ0) is 21.2. The van der Waals surface area contributed by atoms with Crippen molar-refractivity contribution in [2.24, 2.45) is 0 Å². The first-order valence-corrected chi connectivity index (χ1v) is 10.8. The van der Waals surface area contributed by atoms with Crippen molar-refractivity contribution in [3.63, 3.8) is 0 Å². The van der Waals surface area contributed by atoms with Gasteiger partial charge in [-0.2, -0.15) is 0 Å². The van der Waals surface area contributed by atoms with Crippen molar-refractivity contribution in [1.82, 2.24) is 14.5 Å². The van der Waals surface area contributed by atoms with Crippen LogP contribution in [0.5, 0.6) is 5.75 Å². The molecule has 0 saturated heterocycles. The van der Waals surface area contributed by atoms with Crippen molar-refractivity contribution < 1.29 is 9.84 Å². The molecule has 0 bridgehead atoms. The summed E-state index contributed by atoms with van der Waals surface area (Å²) in [5.41, 5.74) is 10.3. The molecule has 2 heterocycles. The van der Waals surface area contributed by atoms with Crippen molar-refractivity contribution in [3.05, 3.63) is 72.7 Å². The van der Waals surface area contributed by atoms with Crippen LogP contribution in [0, 0.1) is 0 Å². The Bertz CT molecular complexity index is 1180. The highest BCUT2D eigenvalue weighted by Crippen LogP contribution is 2.38. The van der Waals surface area contributed by atoms with E-state index in [-0.39, 0.29) is 6.10 Å². The van der Waals surface area contributed by atoms with Gasteiger partial charge in [0, 0.05) is 17.8 Å². The number of hydrogen-bond donors (Lipinski definition) is 2. The van der Waals surface area contributed by atoms with Crippen LogP contribution in [0.4, 0.5) is 5.82 Å². The van der Waals surface area contributed by atoms with Crippen molar-refractivity contribution in [3.8, 4) is 16.9 Å². The van der Waals surface area contributed by atoms with Crippen LogP contribution < -0.4 is 10.5 Å². The van der Waals surface area contributed by atoms with Gasteiger partial charge in [-0.3, -0.25) is 0 Å². The molecular weight excluding hydrogens is 388 g/mol. The van der Waals surface area contributed by atoms with Gasteiger partial charge in [0.25, 0.3) is 0 Å². The molecule has 0 spiro atoms. The lowest BCUT2D eigenvalue weighted by atomic mass is 9.93. The van der Waals surface area contributed by atoms with Gasteiger partial charge < -0.3 is 20.1 Å². The molecule has 0 unspecified atom stereocenters. The average molecular weight is 415 g/mol. The van der Waals surface area contributed by atoms with Crippen LogP contribution in [-0.4, -0.2) is 25.7 Å². The largest absolute Gasteiger partial charge is 0.489 e. The van der Waals surface area contributed by atoms with E-state index in [0.717, 1.165) is 59.2 Å². The van der Waals surface area contributed by atoms with Crippen LogP contribution in [0.25, 0.3) is 22.2 Å². The van der Waals surface area contributed by atoms with Crippen molar-refractivity contribution >= 4 is 16.9 Å². The number of rotatable bonds is 5. The number of nitrogens with zero attached hydrogens (tertiary/aromatic N) is 3. The number of hydrogen-bond acceptors (Lipinski definition) is 5. The van der Waals surface area contributed by atoms with Gasteiger partial charge in [-0.1, -0.05) is 42.5 Å². The molecule has 1 fully saturated rings. The van der Waals surface area contributed by atoms with Gasteiger partial charge in [0.15, 0.2) is 0 Å². The highest BCUT2D eigenvalue weighted by Gasteiger charge is 2.24. The molecule has 0 aliphatic heterocycles. The Morgan fingerprint density at radius 1 is 1.00 bits per heavy atom. The van der Waals surface area contributed by atoms with E-state index in [9.17, 15) is 5.11 Å². The zero-order valence-corrected chi connectivity index (χ0v) is 17.3. The van der Waals surface area contributed by atoms with E-state index in [2.05, 4.69) is 38.9 Å². The summed E-state index contributed by atoms with van der Waals surface area (Å²) in [4.78, 5) is 8.80. The number of nitrogens with two attached hydrogens (primary N) is 1. The topological polar surface area (TPSA) is 86.2 Å². The molecule has 6 nitrogen and oxygen atoms in total. The Labute approximate surface area is 181 Å². The van der Waals surface area contributed by atoms with Crippen LogP contribution >= 0.6 is 0 Å². The van der Waals surface area contributed by atoms with Gasteiger partial charge in [-0.15, -0.1) is 0 Å². The van der Waals surface area contributed by atoms with E-state index >= 15 is 0 Å². The SMILES string of the molecule is Nc1ncnc2c1c(-c1cccc(OCc3ccccc3)c1)cn2[C@H]1CC[C@@H](O)CC1. The summed E-state index contributed by atoms with van der Waals surface area (Å²) in [7, 11) is 0. The van der Waals surface area contributed by atoms with E-state index < -0.39 is 0 Å². The van der Waals surface area contributed by atoms with E-state index in [1.807, 2.05) is 36.4 Å². The van der Waals surface area contributed by atoms with Gasteiger partial charge in [0.05, 0.1) is 11.5 Å². The van der Waals surface area contributed by atoms with Crippen molar-refractivity contribution in [1.29, 1.82) is 0 Å². The molecule has 158 valence electrons. The van der Waals surface area contributed by atoms with Crippen LogP contribution in [0.1, 0.15) is 37.3 Å². The van der Waals surface area contributed by atoms with Crippen LogP contribution in [-0.2, 0) is 6.61 Å². The fourth-order valence-electron chi connectivity index (χ4n) is 4.44. The third-order valence-corrected chi connectivity index (χ3v) is 6.09. The maximum atomic E-state index is 9.91. The summed E-state index contributed by atoms with van der Waals surface area (Å²) < 4.78 is 8.25. The summed E-state index contributed by atoms with van der Waals surface area (Å²) in [5, 5.41) is 10.8. The summed E-state index contributed by atoms with van der Waals surface area (Å²) in [6.45, 7) is 0.516. The third-order valence-electron chi connectivity index (χ3n) is 6.09. The second-order valence-corrected chi connectivity index (χ2v) is 8.17. The first kappa shape index (κ1) is 19.6. The number of ether oxygens (including phenoxy) is 1. The quantitative estimate of drug-likeness (QED) is 0.493. The Balaban J connectivity index is 1.50. The normalized spacial score (nSPS) is 18.9. The molecule has 0 radical (unpaired) electrons. The number of nitrogen functional groups attached to an aromatic ring is 1. The standard InChI is InChI=1S/C25H26N4O2/c26-24-23-22(14-29(25(23)28-16-27-24)19-9-11-20(30)12-10-19)18-7-4-8-21(13-18)31-15-17-5-2-1-3-6-17/h1-8,13-14,16,19-20,30H,9-12,15H2,(H2,26,27,28)/t19-,20+. The molecule has 1 aliphatic rings. The lowest BCUT2D eigenvalue weighted by molar-refractivity contribution is 0.111. The number of anilines is 1. The minimum atomic E-state index is -0.198. The number of aliphatic hydroxyl groups excluding tert-OH is 1. The first-order valence-electron chi connectivity index (χ1n) is 10.8. The Morgan fingerprint density at radius 2 is 1.81 bits per heavy atom. The molecular formula is C25H26N4O2. The van der Waals surface area contributed by atoms with E-state index in [0.29, 0.717) is 18.5 Å². The second-order valence-electron chi connectivity index (χ2n) is 8.17. The van der Waals surface area contributed by atoms with E-state index in [4.69, 9.17) is 10.5 Å².